The van der Waals surface area contributed by atoms with Crippen molar-refractivity contribution in [1.82, 2.24) is 5.01 Å². The van der Waals surface area contributed by atoms with Gasteiger partial charge in [0.05, 0.1) is 11.3 Å². The van der Waals surface area contributed by atoms with Crippen molar-refractivity contribution in [3.63, 3.8) is 0 Å². The van der Waals surface area contributed by atoms with Crippen molar-refractivity contribution < 1.29 is 27.8 Å². The van der Waals surface area contributed by atoms with Crippen LogP contribution in [0, 0.1) is 0 Å². The number of alkyl halides is 3. The standard InChI is InChI=1S/C16H13F3N2O3S/c17-16(18,19)12-9-15(23,13-7-4-8-25-13)21(20-12)14(22)10-24-11-5-2-1-3-6-11/h1-8,23H,9-10H2/t15-/m0/s1. The molecule has 0 radical (unpaired) electrons. The number of amides is 1. The molecule has 1 N–H and O–H groups in total. The van der Waals surface area contributed by atoms with Gasteiger partial charge >= 0.3 is 6.18 Å². The van der Waals surface area contributed by atoms with Gasteiger partial charge in [0.15, 0.2) is 6.61 Å². The van der Waals surface area contributed by atoms with Gasteiger partial charge in [-0.3, -0.25) is 4.79 Å². The Labute approximate surface area is 145 Å². The van der Waals surface area contributed by atoms with Crippen molar-refractivity contribution in [2.45, 2.75) is 18.3 Å². The Morgan fingerprint density at radius 1 is 1.28 bits per heavy atom. The Balaban J connectivity index is 1.84. The van der Waals surface area contributed by atoms with E-state index >= 15 is 0 Å². The smallest absolute Gasteiger partial charge is 0.431 e. The molecule has 2 aromatic rings. The maximum Gasteiger partial charge on any atom is 0.431 e. The van der Waals surface area contributed by atoms with Crippen LogP contribution in [-0.4, -0.2) is 34.5 Å². The molecule has 25 heavy (non-hydrogen) atoms. The average molecular weight is 370 g/mol. The molecule has 0 fully saturated rings. The number of thiophene rings is 1. The molecule has 1 atom stereocenters. The van der Waals surface area contributed by atoms with E-state index in [-0.39, 0.29) is 4.88 Å². The van der Waals surface area contributed by atoms with E-state index in [0.717, 1.165) is 11.3 Å². The fourth-order valence-electron chi connectivity index (χ4n) is 2.39. The molecule has 0 aliphatic carbocycles. The number of nitrogens with zero attached hydrogens (tertiary/aromatic N) is 2. The second-order valence-electron chi connectivity index (χ2n) is 5.32. The van der Waals surface area contributed by atoms with Gasteiger partial charge in [0, 0.05) is 0 Å². The first kappa shape index (κ1) is 17.4. The molecule has 1 aliphatic rings. The van der Waals surface area contributed by atoms with Crippen LogP contribution in [0.1, 0.15) is 11.3 Å². The third kappa shape index (κ3) is 3.52. The van der Waals surface area contributed by atoms with Crippen LogP contribution in [-0.2, 0) is 10.5 Å². The number of carbonyl (C=O) groups excluding carboxylic acids is 1. The molecule has 3 rings (SSSR count). The summed E-state index contributed by atoms with van der Waals surface area (Å²) in [5.41, 5.74) is -3.38. The van der Waals surface area contributed by atoms with Gasteiger partial charge in [-0.25, -0.2) is 0 Å². The van der Waals surface area contributed by atoms with Gasteiger partial charge in [-0.1, -0.05) is 24.3 Å². The quantitative estimate of drug-likeness (QED) is 0.900. The van der Waals surface area contributed by atoms with Crippen molar-refractivity contribution in [2.24, 2.45) is 5.10 Å². The summed E-state index contributed by atoms with van der Waals surface area (Å²) < 4.78 is 44.3. The Bertz CT molecular complexity index is 778. The number of ether oxygens (including phenoxy) is 1. The molecule has 0 unspecified atom stereocenters. The minimum atomic E-state index is -4.74. The molecular formula is C16H13F3N2O3S. The molecule has 132 valence electrons. The molecule has 9 heteroatoms. The first-order valence-corrected chi connectivity index (χ1v) is 8.10. The van der Waals surface area contributed by atoms with Crippen molar-refractivity contribution in [3.05, 3.63) is 52.7 Å². The van der Waals surface area contributed by atoms with E-state index in [1.165, 1.54) is 6.07 Å². The van der Waals surface area contributed by atoms with E-state index in [4.69, 9.17) is 4.74 Å². The maximum absolute atomic E-state index is 13.0. The van der Waals surface area contributed by atoms with Gasteiger partial charge in [-0.15, -0.1) is 11.3 Å². The minimum absolute atomic E-state index is 0.198. The van der Waals surface area contributed by atoms with Crippen molar-refractivity contribution in [3.8, 4) is 5.75 Å². The number of hydrazone groups is 1. The van der Waals surface area contributed by atoms with Crippen LogP contribution < -0.4 is 4.74 Å². The summed E-state index contributed by atoms with van der Waals surface area (Å²) in [4.78, 5) is 12.6. The number of para-hydroxylation sites is 1. The Morgan fingerprint density at radius 3 is 2.60 bits per heavy atom. The highest BCUT2D eigenvalue weighted by molar-refractivity contribution is 7.10. The van der Waals surface area contributed by atoms with Crippen LogP contribution in [0.2, 0.25) is 0 Å². The topological polar surface area (TPSA) is 62.1 Å². The third-order valence-corrected chi connectivity index (χ3v) is 4.58. The fraction of sp³-hybridized carbons (Fsp3) is 0.250. The number of hydrogen-bond acceptors (Lipinski definition) is 5. The third-order valence-electron chi connectivity index (χ3n) is 3.57. The molecule has 1 aromatic heterocycles. The first-order valence-electron chi connectivity index (χ1n) is 7.22. The highest BCUT2D eigenvalue weighted by atomic mass is 32.1. The van der Waals surface area contributed by atoms with Crippen molar-refractivity contribution in [1.29, 1.82) is 0 Å². The van der Waals surface area contributed by atoms with E-state index < -0.39 is 36.5 Å². The van der Waals surface area contributed by atoms with Crippen LogP contribution in [0.5, 0.6) is 5.75 Å². The summed E-state index contributed by atoms with van der Waals surface area (Å²) in [6.07, 6.45) is -5.56. The Kier molecular flexibility index (Phi) is 4.53. The summed E-state index contributed by atoms with van der Waals surface area (Å²) in [5, 5.41) is 16.2. The minimum Gasteiger partial charge on any atom is -0.484 e. The predicted octanol–water partition coefficient (Wildman–Crippen LogP) is 3.12. The van der Waals surface area contributed by atoms with E-state index in [1.54, 1.807) is 41.8 Å². The van der Waals surface area contributed by atoms with Gasteiger partial charge < -0.3 is 9.84 Å². The number of halogens is 3. The SMILES string of the molecule is O=C(COc1ccccc1)N1N=C(C(F)(F)F)C[C@]1(O)c1cccs1. The van der Waals surface area contributed by atoms with Crippen LogP contribution in [0.25, 0.3) is 0 Å². The van der Waals surface area contributed by atoms with Crippen LogP contribution in [0.15, 0.2) is 52.9 Å². The lowest BCUT2D eigenvalue weighted by molar-refractivity contribution is -0.159. The zero-order valence-corrected chi connectivity index (χ0v) is 13.5. The van der Waals surface area contributed by atoms with Crippen LogP contribution in [0.4, 0.5) is 13.2 Å². The molecule has 5 nitrogen and oxygen atoms in total. The maximum atomic E-state index is 13.0. The molecule has 1 aromatic carbocycles. The van der Waals surface area contributed by atoms with Crippen molar-refractivity contribution >= 4 is 23.0 Å². The van der Waals surface area contributed by atoms with E-state index in [2.05, 4.69) is 5.10 Å². The number of hydrogen-bond donors (Lipinski definition) is 1. The molecule has 0 saturated heterocycles. The summed E-state index contributed by atoms with van der Waals surface area (Å²) in [5.74, 6) is -0.492. The highest BCUT2D eigenvalue weighted by Gasteiger charge is 2.53. The van der Waals surface area contributed by atoms with Crippen LogP contribution >= 0.6 is 11.3 Å². The fourth-order valence-corrected chi connectivity index (χ4v) is 3.20. The van der Waals surface area contributed by atoms with Gasteiger partial charge in [-0.05, 0) is 23.6 Å². The Hall–Kier alpha value is -2.39. The lowest BCUT2D eigenvalue weighted by Crippen LogP contribution is -2.45. The van der Waals surface area contributed by atoms with E-state index in [1.807, 2.05) is 0 Å². The zero-order chi connectivity index (χ0) is 18.1. The van der Waals surface area contributed by atoms with Gasteiger partial charge in [0.2, 0.25) is 5.72 Å². The Morgan fingerprint density at radius 2 is 2.00 bits per heavy atom. The number of rotatable bonds is 4. The molecular weight excluding hydrogens is 357 g/mol. The zero-order valence-electron chi connectivity index (χ0n) is 12.7. The van der Waals surface area contributed by atoms with Crippen molar-refractivity contribution in [2.75, 3.05) is 6.61 Å². The van der Waals surface area contributed by atoms with Gasteiger partial charge in [0.1, 0.15) is 11.5 Å². The van der Waals surface area contributed by atoms with Gasteiger partial charge in [0.25, 0.3) is 5.91 Å². The largest absolute Gasteiger partial charge is 0.484 e. The molecule has 1 amide bonds. The summed E-state index contributed by atoms with van der Waals surface area (Å²) in [6.45, 7) is -0.549. The number of benzene rings is 1. The monoisotopic (exact) mass is 370 g/mol. The lowest BCUT2D eigenvalue weighted by Gasteiger charge is -2.30. The van der Waals surface area contributed by atoms with E-state index in [9.17, 15) is 23.1 Å². The predicted molar refractivity (Wildman–Crippen MR) is 85.1 cm³/mol. The molecule has 0 spiro atoms. The van der Waals surface area contributed by atoms with Gasteiger partial charge in [-0.2, -0.15) is 23.3 Å². The second kappa shape index (κ2) is 6.49. The average Bonchev–Trinajstić information content (AvgIpc) is 3.21. The second-order valence-corrected chi connectivity index (χ2v) is 6.27. The molecule has 0 bridgehead atoms. The summed E-state index contributed by atoms with van der Waals surface area (Å²) in [7, 11) is 0. The number of aliphatic hydroxyl groups is 1. The summed E-state index contributed by atoms with van der Waals surface area (Å²) in [6, 6.07) is 11.4. The van der Waals surface area contributed by atoms with Crippen LogP contribution in [0.3, 0.4) is 0 Å². The van der Waals surface area contributed by atoms with E-state index in [0.29, 0.717) is 10.8 Å². The molecule has 1 aliphatic heterocycles. The molecule has 0 saturated carbocycles. The molecule has 2 heterocycles. The normalized spacial score (nSPS) is 20.5. The number of carbonyl (C=O) groups is 1. The first-order chi connectivity index (χ1) is 11.8. The summed E-state index contributed by atoms with van der Waals surface area (Å²) >= 11 is 1.04. The lowest BCUT2D eigenvalue weighted by atomic mass is 10.0. The highest BCUT2D eigenvalue weighted by Crippen LogP contribution is 2.41.